The highest BCUT2D eigenvalue weighted by molar-refractivity contribution is 6.32. The lowest BCUT2D eigenvalue weighted by molar-refractivity contribution is 0.0893. The minimum absolute atomic E-state index is 0.124. The topological polar surface area (TPSA) is 29.5 Å². The van der Waals surface area contributed by atoms with Crippen molar-refractivity contribution in [3.8, 4) is 5.75 Å². The van der Waals surface area contributed by atoms with Gasteiger partial charge in [-0.1, -0.05) is 18.5 Å². The maximum absolute atomic E-state index is 12.2. The van der Waals surface area contributed by atoms with Crippen LogP contribution in [0, 0.1) is 5.92 Å². The molecule has 0 amide bonds. The quantitative estimate of drug-likeness (QED) is 0.794. The summed E-state index contributed by atoms with van der Waals surface area (Å²) in [6.07, 6.45) is 2.44. The third-order valence-electron chi connectivity index (χ3n) is 3.58. The Morgan fingerprint density at radius 1 is 1.53 bits per heavy atom. The van der Waals surface area contributed by atoms with Gasteiger partial charge in [-0.3, -0.25) is 9.69 Å². The van der Waals surface area contributed by atoms with Crippen LogP contribution < -0.4 is 4.74 Å². The smallest absolute Gasteiger partial charge is 0.176 e. The number of methoxy groups -OCH3 is 1. The van der Waals surface area contributed by atoms with Gasteiger partial charge in [0.25, 0.3) is 0 Å². The number of hydrogen-bond acceptors (Lipinski definition) is 3. The molecule has 1 heterocycles. The van der Waals surface area contributed by atoms with Gasteiger partial charge in [-0.15, -0.1) is 0 Å². The Bertz CT molecular complexity index is 461. The molecule has 1 aromatic carbocycles. The molecule has 1 unspecified atom stereocenters. The van der Waals surface area contributed by atoms with Crippen LogP contribution in [-0.2, 0) is 0 Å². The number of nitrogens with zero attached hydrogens (tertiary/aromatic N) is 1. The molecule has 0 N–H and O–H groups in total. The van der Waals surface area contributed by atoms with E-state index in [4.69, 9.17) is 16.3 Å². The minimum Gasteiger partial charge on any atom is -0.495 e. The Morgan fingerprint density at radius 2 is 2.32 bits per heavy atom. The molecule has 1 fully saturated rings. The van der Waals surface area contributed by atoms with Crippen molar-refractivity contribution in [2.45, 2.75) is 19.8 Å². The molecule has 3 nitrogen and oxygen atoms in total. The van der Waals surface area contributed by atoms with Crippen molar-refractivity contribution >= 4 is 17.4 Å². The van der Waals surface area contributed by atoms with Crippen LogP contribution in [0.5, 0.6) is 5.75 Å². The van der Waals surface area contributed by atoms with Gasteiger partial charge < -0.3 is 4.74 Å². The van der Waals surface area contributed by atoms with Gasteiger partial charge in [0, 0.05) is 12.1 Å². The van der Waals surface area contributed by atoms with E-state index in [0.717, 1.165) is 13.1 Å². The number of rotatable bonds is 4. The van der Waals surface area contributed by atoms with Gasteiger partial charge in [0.2, 0.25) is 0 Å². The Labute approximate surface area is 119 Å². The molecule has 0 bridgehead atoms. The van der Waals surface area contributed by atoms with E-state index in [1.165, 1.54) is 12.8 Å². The monoisotopic (exact) mass is 281 g/mol. The Hall–Kier alpha value is -1.06. The molecule has 0 aromatic heterocycles. The fraction of sp³-hybridized carbons (Fsp3) is 0.533. The average molecular weight is 282 g/mol. The zero-order valence-corrected chi connectivity index (χ0v) is 12.2. The summed E-state index contributed by atoms with van der Waals surface area (Å²) in [5.41, 5.74) is 0.657. The third-order valence-corrected chi connectivity index (χ3v) is 3.88. The first-order valence-electron chi connectivity index (χ1n) is 6.69. The molecule has 1 aliphatic rings. The van der Waals surface area contributed by atoms with E-state index in [-0.39, 0.29) is 5.78 Å². The van der Waals surface area contributed by atoms with Crippen LogP contribution >= 0.6 is 11.6 Å². The molecule has 1 saturated heterocycles. The molecule has 1 atom stereocenters. The molecule has 1 aromatic rings. The van der Waals surface area contributed by atoms with Gasteiger partial charge in [-0.05, 0) is 43.5 Å². The predicted octanol–water partition coefficient (Wildman–Crippen LogP) is 3.26. The second kappa shape index (κ2) is 6.40. The van der Waals surface area contributed by atoms with Crippen molar-refractivity contribution in [1.82, 2.24) is 4.90 Å². The second-order valence-corrected chi connectivity index (χ2v) is 5.66. The molecule has 104 valence electrons. The molecule has 19 heavy (non-hydrogen) atoms. The van der Waals surface area contributed by atoms with Gasteiger partial charge in [-0.25, -0.2) is 0 Å². The summed E-state index contributed by atoms with van der Waals surface area (Å²) in [4.78, 5) is 14.5. The van der Waals surface area contributed by atoms with Gasteiger partial charge in [0.05, 0.1) is 18.7 Å². The lowest BCUT2D eigenvalue weighted by atomic mass is 9.99. The molecular weight excluding hydrogens is 262 g/mol. The van der Waals surface area contributed by atoms with E-state index < -0.39 is 0 Å². The fourth-order valence-corrected chi connectivity index (χ4v) is 2.82. The van der Waals surface area contributed by atoms with Crippen molar-refractivity contribution in [2.75, 3.05) is 26.7 Å². The Balaban J connectivity index is 2.01. The molecule has 2 rings (SSSR count). The zero-order chi connectivity index (χ0) is 13.8. The van der Waals surface area contributed by atoms with Crippen molar-refractivity contribution in [2.24, 2.45) is 5.92 Å². The number of piperidine rings is 1. The van der Waals surface area contributed by atoms with Crippen LogP contribution in [-0.4, -0.2) is 37.4 Å². The number of likely N-dealkylation sites (tertiary alicyclic amines) is 1. The predicted molar refractivity (Wildman–Crippen MR) is 77.2 cm³/mol. The van der Waals surface area contributed by atoms with E-state index >= 15 is 0 Å². The number of ketones is 1. The first-order valence-corrected chi connectivity index (χ1v) is 7.07. The maximum Gasteiger partial charge on any atom is 0.176 e. The van der Waals surface area contributed by atoms with Crippen LogP contribution in [0.2, 0.25) is 5.02 Å². The zero-order valence-electron chi connectivity index (χ0n) is 11.5. The fourth-order valence-electron chi connectivity index (χ4n) is 2.56. The van der Waals surface area contributed by atoms with E-state index in [1.54, 1.807) is 25.3 Å². The molecule has 1 aliphatic heterocycles. The largest absolute Gasteiger partial charge is 0.495 e. The molecular formula is C15H20ClNO2. The van der Waals surface area contributed by atoms with Crippen LogP contribution in [0.3, 0.4) is 0 Å². The van der Waals surface area contributed by atoms with E-state index in [9.17, 15) is 4.79 Å². The molecule has 0 aliphatic carbocycles. The maximum atomic E-state index is 12.2. The van der Waals surface area contributed by atoms with Gasteiger partial charge in [0.15, 0.2) is 5.78 Å². The van der Waals surface area contributed by atoms with Gasteiger partial charge in [-0.2, -0.15) is 0 Å². The number of carbonyl (C=O) groups is 1. The lowest BCUT2D eigenvalue weighted by Gasteiger charge is -2.30. The number of ether oxygens (including phenoxy) is 1. The summed E-state index contributed by atoms with van der Waals surface area (Å²) < 4.78 is 5.09. The minimum atomic E-state index is 0.124. The van der Waals surface area contributed by atoms with Crippen LogP contribution in [0.15, 0.2) is 18.2 Å². The summed E-state index contributed by atoms with van der Waals surface area (Å²) in [7, 11) is 1.57. The SMILES string of the molecule is COc1ccc(C(=O)CN2CCCC(C)C2)cc1Cl. The summed E-state index contributed by atoms with van der Waals surface area (Å²) in [6, 6.07) is 5.21. The van der Waals surface area contributed by atoms with Gasteiger partial charge >= 0.3 is 0 Å². The Kier molecular flexibility index (Phi) is 4.83. The highest BCUT2D eigenvalue weighted by Gasteiger charge is 2.19. The second-order valence-electron chi connectivity index (χ2n) is 5.26. The summed E-state index contributed by atoms with van der Waals surface area (Å²) in [5, 5.41) is 0.486. The van der Waals surface area contributed by atoms with E-state index in [0.29, 0.717) is 28.8 Å². The van der Waals surface area contributed by atoms with Crippen molar-refractivity contribution in [3.05, 3.63) is 28.8 Å². The van der Waals surface area contributed by atoms with E-state index in [1.807, 2.05) is 0 Å². The van der Waals surface area contributed by atoms with E-state index in [2.05, 4.69) is 11.8 Å². The first-order chi connectivity index (χ1) is 9.10. The summed E-state index contributed by atoms with van der Waals surface area (Å²) in [6.45, 7) is 4.74. The van der Waals surface area contributed by atoms with Crippen LogP contribution in [0.1, 0.15) is 30.1 Å². The average Bonchev–Trinajstić information content (AvgIpc) is 2.38. The standard InChI is InChI=1S/C15H20ClNO2/c1-11-4-3-7-17(9-11)10-14(18)12-5-6-15(19-2)13(16)8-12/h5-6,8,11H,3-4,7,9-10H2,1-2H3. The molecule has 4 heteroatoms. The van der Waals surface area contributed by atoms with Crippen molar-refractivity contribution in [3.63, 3.8) is 0 Å². The summed E-state index contributed by atoms with van der Waals surface area (Å²) >= 11 is 6.05. The van der Waals surface area contributed by atoms with Crippen molar-refractivity contribution in [1.29, 1.82) is 0 Å². The molecule has 0 saturated carbocycles. The lowest BCUT2D eigenvalue weighted by Crippen LogP contribution is -2.37. The normalized spacial score (nSPS) is 20.3. The van der Waals surface area contributed by atoms with Gasteiger partial charge in [0.1, 0.15) is 5.75 Å². The first kappa shape index (κ1) is 14.4. The van der Waals surface area contributed by atoms with Crippen LogP contribution in [0.4, 0.5) is 0 Å². The van der Waals surface area contributed by atoms with Crippen LogP contribution in [0.25, 0.3) is 0 Å². The number of Topliss-reactive ketones (excluding diaryl/α,β-unsaturated/α-hetero) is 1. The summed E-state index contributed by atoms with van der Waals surface area (Å²) in [5.74, 6) is 1.41. The number of benzene rings is 1. The molecule has 0 spiro atoms. The highest BCUT2D eigenvalue weighted by atomic mass is 35.5. The third kappa shape index (κ3) is 3.71. The molecule has 0 radical (unpaired) electrons. The van der Waals surface area contributed by atoms with Crippen molar-refractivity contribution < 1.29 is 9.53 Å². The number of carbonyl (C=O) groups excluding carboxylic acids is 1. The number of halogens is 1. The highest BCUT2D eigenvalue weighted by Crippen LogP contribution is 2.25. The number of hydrogen-bond donors (Lipinski definition) is 0. The Morgan fingerprint density at radius 3 is 2.95 bits per heavy atom.